The van der Waals surface area contributed by atoms with Crippen LogP contribution in [0, 0.1) is 0 Å². The van der Waals surface area contributed by atoms with Crippen molar-refractivity contribution in [3.05, 3.63) is 12.2 Å². The van der Waals surface area contributed by atoms with E-state index in [1.54, 1.807) is 6.33 Å². The molecule has 1 saturated carbocycles. The monoisotopic (exact) mass is 223 g/mol. The summed E-state index contributed by atoms with van der Waals surface area (Å²) in [6.45, 7) is 0.713. The number of nitrogens with zero attached hydrogens (tertiary/aromatic N) is 3. The minimum atomic E-state index is -0.740. The average Bonchev–Trinajstić information content (AvgIpc) is 2.84. The lowest BCUT2D eigenvalue weighted by Crippen LogP contribution is -2.08. The van der Waals surface area contributed by atoms with Crippen LogP contribution in [-0.4, -0.2) is 25.8 Å². The fraction of sp³-hybridized carbons (Fsp3) is 0.727. The third kappa shape index (κ3) is 2.59. The van der Waals surface area contributed by atoms with Crippen LogP contribution in [0.25, 0.3) is 0 Å². The minimum absolute atomic E-state index is 0.211. The SMILES string of the molecule is O=C(O)CCCn1cnnc1C1CCCC1. The van der Waals surface area contributed by atoms with Crippen LogP contribution in [0.5, 0.6) is 0 Å². The Morgan fingerprint density at radius 2 is 2.25 bits per heavy atom. The molecule has 16 heavy (non-hydrogen) atoms. The third-order valence-corrected chi connectivity index (χ3v) is 3.16. The maximum absolute atomic E-state index is 10.4. The topological polar surface area (TPSA) is 68.0 Å². The fourth-order valence-corrected chi connectivity index (χ4v) is 2.34. The lowest BCUT2D eigenvalue weighted by molar-refractivity contribution is -0.137. The highest BCUT2D eigenvalue weighted by Crippen LogP contribution is 2.32. The smallest absolute Gasteiger partial charge is 0.303 e. The predicted molar refractivity (Wildman–Crippen MR) is 58.1 cm³/mol. The second-order valence-electron chi connectivity index (χ2n) is 4.36. The van der Waals surface area contributed by atoms with Gasteiger partial charge in [0.1, 0.15) is 12.2 Å². The first-order valence-electron chi connectivity index (χ1n) is 5.87. The van der Waals surface area contributed by atoms with Crippen LogP contribution in [0.1, 0.15) is 50.3 Å². The highest BCUT2D eigenvalue weighted by atomic mass is 16.4. The predicted octanol–water partition coefficient (Wildman–Crippen LogP) is 1.80. The molecule has 0 saturated heterocycles. The lowest BCUT2D eigenvalue weighted by Gasteiger charge is -2.10. The molecule has 0 bridgehead atoms. The van der Waals surface area contributed by atoms with Crippen LogP contribution >= 0.6 is 0 Å². The quantitative estimate of drug-likeness (QED) is 0.826. The van der Waals surface area contributed by atoms with Gasteiger partial charge in [-0.3, -0.25) is 4.79 Å². The van der Waals surface area contributed by atoms with Gasteiger partial charge in [0, 0.05) is 18.9 Å². The Hall–Kier alpha value is -1.39. The van der Waals surface area contributed by atoms with Crippen LogP contribution in [0.3, 0.4) is 0 Å². The maximum atomic E-state index is 10.4. The summed E-state index contributed by atoms with van der Waals surface area (Å²) < 4.78 is 2.01. The molecule has 0 aromatic carbocycles. The van der Waals surface area contributed by atoms with E-state index in [1.807, 2.05) is 4.57 Å². The standard InChI is InChI=1S/C11H17N3O2/c15-10(16)6-3-7-14-8-12-13-11(14)9-4-1-2-5-9/h8-9H,1-7H2,(H,15,16). The molecule has 1 aliphatic rings. The van der Waals surface area contributed by atoms with E-state index in [9.17, 15) is 4.79 Å². The number of hydrogen-bond donors (Lipinski definition) is 1. The van der Waals surface area contributed by atoms with E-state index in [2.05, 4.69) is 10.2 Å². The molecule has 1 heterocycles. The zero-order chi connectivity index (χ0) is 11.4. The Kier molecular flexibility index (Phi) is 3.54. The summed E-state index contributed by atoms with van der Waals surface area (Å²) in [6, 6.07) is 0. The number of aliphatic carboxylic acids is 1. The van der Waals surface area contributed by atoms with Gasteiger partial charge in [-0.2, -0.15) is 0 Å². The van der Waals surface area contributed by atoms with E-state index in [0.717, 1.165) is 5.82 Å². The molecule has 88 valence electrons. The lowest BCUT2D eigenvalue weighted by atomic mass is 10.1. The van der Waals surface area contributed by atoms with Crippen molar-refractivity contribution in [2.75, 3.05) is 0 Å². The van der Waals surface area contributed by atoms with Gasteiger partial charge in [-0.05, 0) is 19.3 Å². The average molecular weight is 223 g/mol. The number of rotatable bonds is 5. The van der Waals surface area contributed by atoms with Gasteiger partial charge in [0.2, 0.25) is 0 Å². The van der Waals surface area contributed by atoms with Crippen molar-refractivity contribution in [2.45, 2.75) is 51.0 Å². The van der Waals surface area contributed by atoms with E-state index >= 15 is 0 Å². The second-order valence-corrected chi connectivity index (χ2v) is 4.36. The zero-order valence-electron chi connectivity index (χ0n) is 9.30. The van der Waals surface area contributed by atoms with Gasteiger partial charge in [-0.15, -0.1) is 10.2 Å². The Morgan fingerprint density at radius 1 is 1.50 bits per heavy atom. The third-order valence-electron chi connectivity index (χ3n) is 3.16. The first-order valence-corrected chi connectivity index (χ1v) is 5.87. The van der Waals surface area contributed by atoms with Crippen molar-refractivity contribution in [2.24, 2.45) is 0 Å². The van der Waals surface area contributed by atoms with E-state index in [-0.39, 0.29) is 6.42 Å². The Bertz CT molecular complexity index is 356. The van der Waals surface area contributed by atoms with E-state index in [4.69, 9.17) is 5.11 Å². The molecular weight excluding hydrogens is 206 g/mol. The number of aromatic nitrogens is 3. The molecule has 0 amide bonds. The maximum Gasteiger partial charge on any atom is 0.303 e. The summed E-state index contributed by atoms with van der Waals surface area (Å²) in [7, 11) is 0. The zero-order valence-corrected chi connectivity index (χ0v) is 9.30. The van der Waals surface area contributed by atoms with Gasteiger partial charge in [0.05, 0.1) is 0 Å². The molecule has 2 rings (SSSR count). The first-order chi connectivity index (χ1) is 7.77. The summed E-state index contributed by atoms with van der Waals surface area (Å²) in [5.41, 5.74) is 0. The molecule has 1 fully saturated rings. The van der Waals surface area contributed by atoms with Gasteiger partial charge in [-0.25, -0.2) is 0 Å². The van der Waals surface area contributed by atoms with E-state index in [1.165, 1.54) is 25.7 Å². The number of carboxylic acid groups (broad SMARTS) is 1. The second kappa shape index (κ2) is 5.09. The molecule has 0 radical (unpaired) electrons. The van der Waals surface area contributed by atoms with Crippen LogP contribution in [-0.2, 0) is 11.3 Å². The Morgan fingerprint density at radius 3 is 2.94 bits per heavy atom. The molecule has 0 spiro atoms. The normalized spacial score (nSPS) is 16.8. The highest BCUT2D eigenvalue weighted by Gasteiger charge is 2.21. The van der Waals surface area contributed by atoms with Crippen LogP contribution in [0.2, 0.25) is 0 Å². The van der Waals surface area contributed by atoms with Crippen molar-refractivity contribution in [3.8, 4) is 0 Å². The van der Waals surface area contributed by atoms with Gasteiger partial charge < -0.3 is 9.67 Å². The largest absolute Gasteiger partial charge is 0.481 e. The molecule has 0 atom stereocenters. The summed E-state index contributed by atoms with van der Waals surface area (Å²) in [5, 5.41) is 16.7. The summed E-state index contributed by atoms with van der Waals surface area (Å²) >= 11 is 0. The van der Waals surface area contributed by atoms with Crippen molar-refractivity contribution >= 4 is 5.97 Å². The van der Waals surface area contributed by atoms with Gasteiger partial charge in [0.15, 0.2) is 0 Å². The summed E-state index contributed by atoms with van der Waals surface area (Å²) in [5.74, 6) is 0.839. The molecule has 1 aliphatic carbocycles. The van der Waals surface area contributed by atoms with Crippen LogP contribution in [0.4, 0.5) is 0 Å². The summed E-state index contributed by atoms with van der Waals surface area (Å²) in [4.78, 5) is 10.4. The molecule has 5 nitrogen and oxygen atoms in total. The Labute approximate surface area is 94.5 Å². The molecular formula is C11H17N3O2. The van der Waals surface area contributed by atoms with Crippen LogP contribution in [0.15, 0.2) is 6.33 Å². The van der Waals surface area contributed by atoms with Crippen LogP contribution < -0.4 is 0 Å². The number of carboxylic acids is 1. The fourth-order valence-electron chi connectivity index (χ4n) is 2.34. The Balaban J connectivity index is 1.93. The highest BCUT2D eigenvalue weighted by molar-refractivity contribution is 5.66. The summed E-state index contributed by atoms with van der Waals surface area (Å²) in [6.07, 6.45) is 7.50. The van der Waals surface area contributed by atoms with E-state index < -0.39 is 5.97 Å². The molecule has 0 unspecified atom stereocenters. The molecule has 1 aromatic rings. The van der Waals surface area contributed by atoms with Crippen molar-refractivity contribution < 1.29 is 9.90 Å². The molecule has 1 aromatic heterocycles. The first kappa shape index (κ1) is 11.1. The van der Waals surface area contributed by atoms with Gasteiger partial charge in [-0.1, -0.05) is 12.8 Å². The number of hydrogen-bond acceptors (Lipinski definition) is 3. The van der Waals surface area contributed by atoms with E-state index in [0.29, 0.717) is 18.9 Å². The van der Waals surface area contributed by atoms with Gasteiger partial charge in [0.25, 0.3) is 0 Å². The molecule has 0 aliphatic heterocycles. The minimum Gasteiger partial charge on any atom is -0.481 e. The van der Waals surface area contributed by atoms with Crippen molar-refractivity contribution in [3.63, 3.8) is 0 Å². The number of carbonyl (C=O) groups is 1. The van der Waals surface area contributed by atoms with Gasteiger partial charge >= 0.3 is 5.97 Å². The number of aryl methyl sites for hydroxylation is 1. The van der Waals surface area contributed by atoms with Crippen molar-refractivity contribution in [1.82, 2.24) is 14.8 Å². The molecule has 1 N–H and O–H groups in total. The van der Waals surface area contributed by atoms with Crippen molar-refractivity contribution in [1.29, 1.82) is 0 Å². The molecule has 5 heteroatoms.